The highest BCUT2D eigenvalue weighted by Crippen LogP contribution is 2.47. The van der Waals surface area contributed by atoms with Gasteiger partial charge in [-0.3, -0.25) is 4.98 Å². The van der Waals surface area contributed by atoms with Crippen LogP contribution in [0.5, 0.6) is 11.6 Å². The van der Waals surface area contributed by atoms with E-state index < -0.39 is 11.7 Å². The van der Waals surface area contributed by atoms with E-state index >= 15 is 0 Å². The third kappa shape index (κ3) is 4.71. The maximum absolute atomic E-state index is 13.1. The third-order valence-corrected chi connectivity index (χ3v) is 5.36. The van der Waals surface area contributed by atoms with E-state index in [9.17, 15) is 13.2 Å². The normalized spacial score (nSPS) is 18.0. The Morgan fingerprint density at radius 1 is 1.10 bits per heavy atom. The van der Waals surface area contributed by atoms with Gasteiger partial charge in [0.05, 0.1) is 31.0 Å². The highest BCUT2D eigenvalue weighted by molar-refractivity contribution is 6.32. The topological polar surface area (TPSA) is 70.0 Å². The molecule has 0 N–H and O–H groups in total. The van der Waals surface area contributed by atoms with Crippen LogP contribution in [0.2, 0.25) is 5.15 Å². The summed E-state index contributed by atoms with van der Waals surface area (Å²) in [7, 11) is 1.58. The molecule has 162 valence electrons. The zero-order valence-corrected chi connectivity index (χ0v) is 17.4. The summed E-state index contributed by atoms with van der Waals surface area (Å²) < 4.78 is 50.4. The minimum Gasteiger partial charge on any atom is -0.495 e. The van der Waals surface area contributed by atoms with Crippen LogP contribution in [0, 0.1) is 12.8 Å². The van der Waals surface area contributed by atoms with Crippen LogP contribution >= 0.6 is 11.6 Å². The lowest BCUT2D eigenvalue weighted by atomic mass is 10.1. The fraction of sp³-hybridized carbons (Fsp3) is 0.333. The molecule has 0 saturated heterocycles. The van der Waals surface area contributed by atoms with E-state index in [-0.39, 0.29) is 34.0 Å². The summed E-state index contributed by atoms with van der Waals surface area (Å²) in [6.07, 6.45) is 0.102. The molecular formula is C21H18ClF3N4O2. The Morgan fingerprint density at radius 2 is 1.90 bits per heavy atom. The number of aromatic nitrogens is 4. The molecule has 1 aliphatic carbocycles. The van der Waals surface area contributed by atoms with Crippen LogP contribution in [0.3, 0.4) is 0 Å². The number of nitrogens with zero attached hydrogens (tertiary/aromatic N) is 4. The molecule has 4 rings (SSSR count). The Morgan fingerprint density at radius 3 is 2.58 bits per heavy atom. The largest absolute Gasteiger partial charge is 0.495 e. The number of halogens is 4. The lowest BCUT2D eigenvalue weighted by Crippen LogP contribution is -2.08. The second-order valence-electron chi connectivity index (χ2n) is 7.23. The number of rotatable bonds is 6. The average Bonchev–Trinajstić information content (AvgIpc) is 3.52. The second-order valence-corrected chi connectivity index (χ2v) is 7.59. The zero-order chi connectivity index (χ0) is 22.2. The van der Waals surface area contributed by atoms with Gasteiger partial charge in [-0.25, -0.2) is 9.97 Å². The van der Waals surface area contributed by atoms with Gasteiger partial charge >= 0.3 is 6.18 Å². The van der Waals surface area contributed by atoms with E-state index in [0.717, 1.165) is 18.2 Å². The predicted octanol–water partition coefficient (Wildman–Crippen LogP) is 5.11. The molecule has 31 heavy (non-hydrogen) atoms. The Kier molecular flexibility index (Phi) is 5.70. The molecule has 3 aromatic rings. The van der Waals surface area contributed by atoms with E-state index in [2.05, 4.69) is 19.9 Å². The second kappa shape index (κ2) is 8.30. The summed E-state index contributed by atoms with van der Waals surface area (Å²) in [5.74, 6) is 1.75. The Balaban J connectivity index is 1.53. The molecule has 0 bridgehead atoms. The predicted molar refractivity (Wildman–Crippen MR) is 107 cm³/mol. The van der Waals surface area contributed by atoms with Gasteiger partial charge in [0.15, 0.2) is 0 Å². The van der Waals surface area contributed by atoms with Crippen molar-refractivity contribution in [2.75, 3.05) is 13.7 Å². The van der Waals surface area contributed by atoms with Crippen molar-refractivity contribution in [3.05, 3.63) is 59.0 Å². The Bertz CT molecular complexity index is 1090. The van der Waals surface area contributed by atoms with Crippen LogP contribution in [0.25, 0.3) is 11.1 Å². The van der Waals surface area contributed by atoms with Gasteiger partial charge in [0.25, 0.3) is 0 Å². The van der Waals surface area contributed by atoms with Crippen molar-refractivity contribution in [1.82, 2.24) is 19.9 Å². The number of aryl methyl sites for hydroxylation is 1. The number of alkyl halides is 3. The minimum absolute atomic E-state index is 0.0654. The SMILES string of the molecule is COc1ccc([C@H]2C[C@@H]2COc2nc(C)ncc2-c2cc(C(F)(F)F)cnc2Cl)nc1. The number of hydrogen-bond donors (Lipinski definition) is 0. The molecule has 2 atom stereocenters. The fourth-order valence-electron chi connectivity index (χ4n) is 3.25. The van der Waals surface area contributed by atoms with Crippen molar-refractivity contribution in [3.8, 4) is 22.8 Å². The van der Waals surface area contributed by atoms with Crippen LogP contribution in [0.15, 0.2) is 36.8 Å². The van der Waals surface area contributed by atoms with Gasteiger partial charge < -0.3 is 9.47 Å². The van der Waals surface area contributed by atoms with Crippen molar-refractivity contribution in [3.63, 3.8) is 0 Å². The lowest BCUT2D eigenvalue weighted by Gasteiger charge is -2.13. The number of pyridine rings is 2. The molecule has 0 aliphatic heterocycles. The molecule has 3 aromatic heterocycles. The van der Waals surface area contributed by atoms with Gasteiger partial charge in [-0.05, 0) is 31.5 Å². The Labute approximate surface area is 181 Å². The van der Waals surface area contributed by atoms with Crippen molar-refractivity contribution >= 4 is 11.6 Å². The average molecular weight is 451 g/mol. The quantitative estimate of drug-likeness (QED) is 0.486. The lowest BCUT2D eigenvalue weighted by molar-refractivity contribution is -0.137. The summed E-state index contributed by atoms with van der Waals surface area (Å²) in [5.41, 5.74) is 0.356. The molecule has 10 heteroatoms. The highest BCUT2D eigenvalue weighted by Gasteiger charge is 2.40. The van der Waals surface area contributed by atoms with Crippen molar-refractivity contribution in [1.29, 1.82) is 0 Å². The molecule has 0 radical (unpaired) electrons. The molecule has 0 amide bonds. The maximum atomic E-state index is 13.1. The van der Waals surface area contributed by atoms with Crippen molar-refractivity contribution in [2.24, 2.45) is 5.92 Å². The first-order chi connectivity index (χ1) is 14.8. The van der Waals surface area contributed by atoms with Gasteiger partial charge in [-0.1, -0.05) is 11.6 Å². The highest BCUT2D eigenvalue weighted by atomic mass is 35.5. The van der Waals surface area contributed by atoms with E-state index in [1.807, 2.05) is 12.1 Å². The molecule has 0 spiro atoms. The number of hydrogen-bond acceptors (Lipinski definition) is 6. The summed E-state index contributed by atoms with van der Waals surface area (Å²) in [6.45, 7) is 2.01. The van der Waals surface area contributed by atoms with Gasteiger partial charge in [-0.15, -0.1) is 0 Å². The summed E-state index contributed by atoms with van der Waals surface area (Å²) in [5, 5.41) is -0.0861. The van der Waals surface area contributed by atoms with Crippen molar-refractivity contribution in [2.45, 2.75) is 25.4 Å². The van der Waals surface area contributed by atoms with Crippen LogP contribution in [-0.2, 0) is 6.18 Å². The van der Waals surface area contributed by atoms with Gasteiger partial charge in [0.1, 0.15) is 16.7 Å². The van der Waals surface area contributed by atoms with Crippen LogP contribution in [0.4, 0.5) is 13.2 Å². The first-order valence-electron chi connectivity index (χ1n) is 9.45. The molecule has 3 heterocycles. The third-order valence-electron chi connectivity index (χ3n) is 5.06. The molecular weight excluding hydrogens is 433 g/mol. The zero-order valence-electron chi connectivity index (χ0n) is 16.7. The van der Waals surface area contributed by atoms with E-state index in [1.165, 1.54) is 6.20 Å². The maximum Gasteiger partial charge on any atom is 0.417 e. The first kappa shape index (κ1) is 21.3. The first-order valence-corrected chi connectivity index (χ1v) is 9.83. The smallest absolute Gasteiger partial charge is 0.417 e. The fourth-order valence-corrected chi connectivity index (χ4v) is 3.45. The van der Waals surface area contributed by atoms with E-state index in [1.54, 1.807) is 20.2 Å². The number of methoxy groups -OCH3 is 1. The van der Waals surface area contributed by atoms with Gasteiger partial charge in [0.2, 0.25) is 5.88 Å². The molecule has 6 nitrogen and oxygen atoms in total. The molecule has 0 unspecified atom stereocenters. The molecule has 1 aliphatic rings. The van der Waals surface area contributed by atoms with Gasteiger partial charge in [-0.2, -0.15) is 18.2 Å². The van der Waals surface area contributed by atoms with Crippen LogP contribution in [0.1, 0.15) is 29.4 Å². The van der Waals surface area contributed by atoms with Crippen LogP contribution < -0.4 is 9.47 Å². The van der Waals surface area contributed by atoms with E-state index in [0.29, 0.717) is 24.4 Å². The van der Waals surface area contributed by atoms with Crippen LogP contribution in [-0.4, -0.2) is 33.7 Å². The minimum atomic E-state index is -4.55. The van der Waals surface area contributed by atoms with Gasteiger partial charge in [0, 0.05) is 35.5 Å². The number of ether oxygens (including phenoxy) is 2. The monoisotopic (exact) mass is 450 g/mol. The van der Waals surface area contributed by atoms with Crippen molar-refractivity contribution < 1.29 is 22.6 Å². The summed E-state index contributed by atoms with van der Waals surface area (Å²) in [6, 6.07) is 4.70. The van der Waals surface area contributed by atoms with E-state index in [4.69, 9.17) is 21.1 Å². The molecule has 1 saturated carbocycles. The Hall–Kier alpha value is -2.94. The summed E-state index contributed by atoms with van der Waals surface area (Å²) in [4.78, 5) is 16.4. The molecule has 0 aromatic carbocycles. The molecule has 1 fully saturated rings. The standard InChI is InChI=1S/C21H18ClF3N4O2/c1-11-26-9-17(16-6-13(21(23,24)25)7-28-19(16)22)20(29-11)31-10-12-5-15(12)18-4-3-14(30-2)8-27-18/h3-4,6-9,12,15H,5,10H2,1-2H3/t12-,15+/m1/s1. The summed E-state index contributed by atoms with van der Waals surface area (Å²) >= 11 is 6.09.